The lowest BCUT2D eigenvalue weighted by atomic mass is 10.1. The zero-order chi connectivity index (χ0) is 28.7. The van der Waals surface area contributed by atoms with Crippen molar-refractivity contribution < 1.29 is 27.5 Å². The van der Waals surface area contributed by atoms with Gasteiger partial charge in [-0.3, -0.25) is 13.9 Å². The van der Waals surface area contributed by atoms with Crippen LogP contribution in [0.5, 0.6) is 11.5 Å². The minimum atomic E-state index is -4.16. The number of amides is 2. The van der Waals surface area contributed by atoms with Gasteiger partial charge in [-0.25, -0.2) is 8.42 Å². The van der Waals surface area contributed by atoms with Crippen molar-refractivity contribution in [3.8, 4) is 11.5 Å². The molecule has 0 unspecified atom stereocenters. The van der Waals surface area contributed by atoms with Gasteiger partial charge in [0.05, 0.1) is 10.6 Å². The molecule has 0 aromatic heterocycles. The second-order valence-electron chi connectivity index (χ2n) is 9.48. The van der Waals surface area contributed by atoms with Crippen molar-refractivity contribution in [1.29, 1.82) is 0 Å². The minimum absolute atomic E-state index is 0.0403. The fraction of sp³-hybridized carbons (Fsp3) is 0.333. The lowest BCUT2D eigenvalue weighted by Gasteiger charge is -2.33. The first-order valence-corrected chi connectivity index (χ1v) is 14.8. The number of nitrogens with zero attached hydrogens (tertiary/aromatic N) is 2. The van der Waals surface area contributed by atoms with E-state index in [1.54, 1.807) is 36.4 Å². The van der Waals surface area contributed by atoms with E-state index in [9.17, 15) is 18.0 Å². The molecule has 9 nitrogen and oxygen atoms in total. The van der Waals surface area contributed by atoms with Crippen LogP contribution in [0.4, 0.5) is 5.69 Å². The number of rotatable bonds is 11. The van der Waals surface area contributed by atoms with E-state index in [2.05, 4.69) is 5.32 Å². The van der Waals surface area contributed by atoms with Crippen LogP contribution in [0.25, 0.3) is 0 Å². The molecule has 0 saturated heterocycles. The van der Waals surface area contributed by atoms with E-state index in [0.717, 1.165) is 15.4 Å². The number of carbonyl (C=O) groups excluding carboxylic acids is 2. The SMILES string of the molecule is CCNC(=O)[C@@H](CC)N(Cc1ccc(C)cc1)C(=O)CN(c1ccc2c(c1)OCCO2)S(=O)(=O)c1ccccc1. The molecule has 1 aliphatic heterocycles. The lowest BCUT2D eigenvalue weighted by molar-refractivity contribution is -0.140. The lowest BCUT2D eigenvalue weighted by Crippen LogP contribution is -2.52. The summed E-state index contributed by atoms with van der Waals surface area (Å²) in [5.74, 6) is 0.103. The summed E-state index contributed by atoms with van der Waals surface area (Å²) in [6.45, 7) is 6.37. The van der Waals surface area contributed by atoms with Crippen LogP contribution in [0, 0.1) is 6.92 Å². The molecule has 4 rings (SSSR count). The molecule has 0 radical (unpaired) electrons. The molecule has 0 saturated carbocycles. The van der Waals surface area contributed by atoms with Crippen molar-refractivity contribution in [3.05, 3.63) is 83.9 Å². The first-order valence-electron chi connectivity index (χ1n) is 13.3. The van der Waals surface area contributed by atoms with Crippen LogP contribution in [0.3, 0.4) is 0 Å². The molecule has 212 valence electrons. The molecule has 3 aromatic rings. The predicted octanol–water partition coefficient (Wildman–Crippen LogP) is 3.91. The molecule has 1 atom stereocenters. The maximum Gasteiger partial charge on any atom is 0.264 e. The Morgan fingerprint density at radius 3 is 2.25 bits per heavy atom. The number of benzene rings is 3. The molecule has 0 bridgehead atoms. The summed E-state index contributed by atoms with van der Waals surface area (Å²) in [6, 6.07) is 19.6. The van der Waals surface area contributed by atoms with E-state index >= 15 is 0 Å². The molecular weight excluding hydrogens is 530 g/mol. The summed E-state index contributed by atoms with van der Waals surface area (Å²) in [4.78, 5) is 28.6. The summed E-state index contributed by atoms with van der Waals surface area (Å²) in [7, 11) is -4.16. The first kappa shape index (κ1) is 28.9. The van der Waals surface area contributed by atoms with Gasteiger partial charge in [-0.1, -0.05) is 55.0 Å². The Balaban J connectivity index is 1.75. The Morgan fingerprint density at radius 2 is 1.60 bits per heavy atom. The van der Waals surface area contributed by atoms with Crippen LogP contribution in [0.2, 0.25) is 0 Å². The van der Waals surface area contributed by atoms with Crippen LogP contribution < -0.4 is 19.1 Å². The highest BCUT2D eigenvalue weighted by molar-refractivity contribution is 7.92. The van der Waals surface area contributed by atoms with Gasteiger partial charge >= 0.3 is 0 Å². The van der Waals surface area contributed by atoms with Crippen LogP contribution in [-0.2, 0) is 26.2 Å². The van der Waals surface area contributed by atoms with E-state index in [0.29, 0.717) is 37.7 Å². The third kappa shape index (κ3) is 6.56. The number of nitrogens with one attached hydrogen (secondary N) is 1. The fourth-order valence-corrected chi connectivity index (χ4v) is 5.96. The molecule has 3 aromatic carbocycles. The molecule has 0 aliphatic carbocycles. The van der Waals surface area contributed by atoms with Crippen LogP contribution >= 0.6 is 0 Å². The summed E-state index contributed by atoms with van der Waals surface area (Å²) >= 11 is 0. The third-order valence-corrected chi connectivity index (χ3v) is 8.42. The Kier molecular flexibility index (Phi) is 9.31. The highest BCUT2D eigenvalue weighted by Crippen LogP contribution is 2.36. The van der Waals surface area contributed by atoms with Gasteiger partial charge in [-0.2, -0.15) is 0 Å². The molecule has 1 N–H and O–H groups in total. The number of anilines is 1. The van der Waals surface area contributed by atoms with Crippen LogP contribution in [-0.4, -0.2) is 57.5 Å². The van der Waals surface area contributed by atoms with E-state index in [1.807, 2.05) is 45.0 Å². The number of sulfonamides is 1. The normalized spacial score (nSPS) is 13.3. The molecule has 0 spiro atoms. The van der Waals surface area contributed by atoms with Crippen LogP contribution in [0.15, 0.2) is 77.7 Å². The maximum atomic E-state index is 14.1. The fourth-order valence-electron chi connectivity index (χ4n) is 4.54. The van der Waals surface area contributed by atoms with E-state index in [4.69, 9.17) is 9.47 Å². The smallest absolute Gasteiger partial charge is 0.264 e. The number of fused-ring (bicyclic) bond motifs is 1. The zero-order valence-corrected chi connectivity index (χ0v) is 23.8. The topological polar surface area (TPSA) is 105 Å². The number of likely N-dealkylation sites (N-methyl/N-ethyl adjacent to an activating group) is 1. The molecule has 2 amide bonds. The first-order chi connectivity index (χ1) is 19.2. The Labute approximate surface area is 235 Å². The summed E-state index contributed by atoms with van der Waals surface area (Å²) in [6.07, 6.45) is 0.360. The molecular formula is C30H35N3O6S. The monoisotopic (exact) mass is 565 g/mol. The van der Waals surface area contributed by atoms with Crippen molar-refractivity contribution in [2.24, 2.45) is 0 Å². The Bertz CT molecular complexity index is 1430. The number of aryl methyl sites for hydroxylation is 1. The summed E-state index contributed by atoms with van der Waals surface area (Å²) in [5, 5.41) is 2.81. The Hall–Kier alpha value is -4.05. The minimum Gasteiger partial charge on any atom is -0.486 e. The van der Waals surface area contributed by atoms with E-state index in [1.165, 1.54) is 17.0 Å². The molecule has 10 heteroatoms. The van der Waals surface area contributed by atoms with Crippen molar-refractivity contribution in [2.45, 2.75) is 44.7 Å². The highest BCUT2D eigenvalue weighted by Gasteiger charge is 2.34. The maximum absolute atomic E-state index is 14.1. The number of carbonyl (C=O) groups is 2. The van der Waals surface area contributed by atoms with E-state index in [-0.39, 0.29) is 23.0 Å². The average Bonchev–Trinajstić information content (AvgIpc) is 2.97. The van der Waals surface area contributed by atoms with Gasteiger partial charge in [0.2, 0.25) is 11.8 Å². The van der Waals surface area contributed by atoms with Crippen molar-refractivity contribution >= 4 is 27.5 Å². The van der Waals surface area contributed by atoms with Gasteiger partial charge < -0.3 is 19.7 Å². The summed E-state index contributed by atoms with van der Waals surface area (Å²) < 4.78 is 40.2. The third-order valence-electron chi connectivity index (χ3n) is 6.63. The summed E-state index contributed by atoms with van der Waals surface area (Å²) in [5.41, 5.74) is 2.15. The standard InChI is InChI=1S/C30H35N3O6S/c1-4-26(30(35)31-5-2)32(20-23-13-11-22(3)12-14-23)29(34)21-33(40(36,37)25-9-7-6-8-10-25)24-15-16-27-28(19-24)39-18-17-38-27/h6-16,19,26H,4-5,17-18,20-21H2,1-3H3,(H,31,35)/t26-/m1/s1. The van der Waals surface area contributed by atoms with Crippen molar-refractivity contribution in [3.63, 3.8) is 0 Å². The van der Waals surface area contributed by atoms with Crippen molar-refractivity contribution in [1.82, 2.24) is 10.2 Å². The van der Waals surface area contributed by atoms with Gasteiger partial charge in [0.15, 0.2) is 11.5 Å². The van der Waals surface area contributed by atoms with Gasteiger partial charge in [-0.05, 0) is 50.1 Å². The molecule has 1 heterocycles. The highest BCUT2D eigenvalue weighted by atomic mass is 32.2. The van der Waals surface area contributed by atoms with Crippen LogP contribution in [0.1, 0.15) is 31.4 Å². The zero-order valence-electron chi connectivity index (χ0n) is 23.0. The average molecular weight is 566 g/mol. The second kappa shape index (κ2) is 12.9. The largest absolute Gasteiger partial charge is 0.486 e. The quantitative estimate of drug-likeness (QED) is 0.378. The molecule has 40 heavy (non-hydrogen) atoms. The Morgan fingerprint density at radius 1 is 0.925 bits per heavy atom. The van der Waals surface area contributed by atoms with Crippen molar-refractivity contribution in [2.75, 3.05) is 30.6 Å². The van der Waals surface area contributed by atoms with Gasteiger partial charge in [0.1, 0.15) is 25.8 Å². The molecule has 0 fully saturated rings. The second-order valence-corrected chi connectivity index (χ2v) is 11.3. The van der Waals surface area contributed by atoms with Gasteiger partial charge in [-0.15, -0.1) is 0 Å². The molecule has 1 aliphatic rings. The number of hydrogen-bond acceptors (Lipinski definition) is 6. The predicted molar refractivity (Wildman–Crippen MR) is 153 cm³/mol. The van der Waals surface area contributed by atoms with E-state index < -0.39 is 28.5 Å². The van der Waals surface area contributed by atoms with Gasteiger partial charge in [0, 0.05) is 19.2 Å². The van der Waals surface area contributed by atoms with Gasteiger partial charge in [0.25, 0.3) is 10.0 Å². The number of ether oxygens (including phenoxy) is 2. The number of hydrogen-bond donors (Lipinski definition) is 1.